The highest BCUT2D eigenvalue weighted by molar-refractivity contribution is 7.99. The molecule has 0 aliphatic carbocycles. The number of rotatable bonds is 7. The molecule has 0 saturated heterocycles. The number of aromatic nitrogens is 2. The zero-order chi connectivity index (χ0) is 13.7. The summed E-state index contributed by atoms with van der Waals surface area (Å²) < 4.78 is 0. The van der Waals surface area contributed by atoms with Crippen LogP contribution in [-0.2, 0) is 16.0 Å². The number of aliphatic hydroxyl groups is 1. The van der Waals surface area contributed by atoms with Crippen molar-refractivity contribution in [2.24, 2.45) is 5.73 Å². The second-order valence-electron chi connectivity index (χ2n) is 3.53. The number of imidazole rings is 1. The first-order valence-electron chi connectivity index (χ1n) is 4.96. The minimum absolute atomic E-state index is 0.0483. The Morgan fingerprint density at radius 1 is 1.44 bits per heavy atom. The zero-order valence-corrected chi connectivity index (χ0v) is 10.1. The fourth-order valence-electron chi connectivity index (χ4n) is 1.07. The fourth-order valence-corrected chi connectivity index (χ4v) is 1.86. The number of H-pyrrole nitrogens is 1. The number of carboxylic acid groups (broad SMARTS) is 2. The van der Waals surface area contributed by atoms with Crippen molar-refractivity contribution in [2.75, 3.05) is 5.75 Å². The predicted molar refractivity (Wildman–Crippen MR) is 62.3 cm³/mol. The van der Waals surface area contributed by atoms with Crippen molar-refractivity contribution >= 4 is 23.7 Å². The van der Waals surface area contributed by atoms with Gasteiger partial charge in [0.1, 0.15) is 6.04 Å². The molecular weight excluding hydrogens is 262 g/mol. The first kappa shape index (κ1) is 14.5. The molecule has 0 aliphatic rings. The van der Waals surface area contributed by atoms with Crippen molar-refractivity contribution < 1.29 is 24.9 Å². The van der Waals surface area contributed by atoms with Gasteiger partial charge in [0.2, 0.25) is 0 Å². The predicted octanol–water partition coefficient (Wildman–Crippen LogP) is -1.10. The number of aliphatic hydroxyl groups excluding tert-OH is 1. The van der Waals surface area contributed by atoms with Gasteiger partial charge in [-0.05, 0) is 0 Å². The third-order valence-electron chi connectivity index (χ3n) is 2.03. The second kappa shape index (κ2) is 6.38. The van der Waals surface area contributed by atoms with Crippen molar-refractivity contribution in [3.63, 3.8) is 0 Å². The minimum Gasteiger partial charge on any atom is -0.480 e. The first-order valence-corrected chi connectivity index (χ1v) is 5.94. The van der Waals surface area contributed by atoms with Gasteiger partial charge < -0.3 is 26.0 Å². The number of carbonyl (C=O) groups is 2. The highest BCUT2D eigenvalue weighted by Crippen LogP contribution is 2.15. The maximum absolute atomic E-state index is 10.5. The number of aromatic amines is 1. The Hall–Kier alpha value is -1.58. The molecular formula is C9H13N3O5S. The molecule has 6 N–H and O–H groups in total. The summed E-state index contributed by atoms with van der Waals surface area (Å²) in [6.45, 7) is 0. The number of aliphatic carboxylic acids is 2. The fraction of sp³-hybridized carbons (Fsp3) is 0.444. The molecule has 2 atom stereocenters. The van der Waals surface area contributed by atoms with Gasteiger partial charge in [-0.1, -0.05) is 11.8 Å². The number of nitrogens with two attached hydrogens (primary N) is 1. The van der Waals surface area contributed by atoms with Crippen LogP contribution in [0.2, 0.25) is 0 Å². The summed E-state index contributed by atoms with van der Waals surface area (Å²) in [6.07, 6.45) is 0.0627. The summed E-state index contributed by atoms with van der Waals surface area (Å²) in [7, 11) is 0. The highest BCUT2D eigenvalue weighted by Gasteiger charge is 2.16. The molecule has 0 aliphatic heterocycles. The minimum atomic E-state index is -1.47. The summed E-state index contributed by atoms with van der Waals surface area (Å²) in [5.74, 6) is -2.46. The number of thioether (sulfide) groups is 1. The molecule has 0 spiro atoms. The second-order valence-corrected chi connectivity index (χ2v) is 4.54. The Labute approximate surface area is 106 Å². The normalized spacial score (nSPS) is 14.1. The Balaban J connectivity index is 2.48. The largest absolute Gasteiger partial charge is 0.480 e. The number of carboxylic acids is 2. The lowest BCUT2D eigenvalue weighted by atomic mass is 10.2. The topological polar surface area (TPSA) is 150 Å². The zero-order valence-electron chi connectivity index (χ0n) is 9.24. The van der Waals surface area contributed by atoms with E-state index in [-0.39, 0.29) is 12.2 Å². The molecule has 1 aromatic rings. The maximum atomic E-state index is 10.5. The van der Waals surface area contributed by atoms with Crippen LogP contribution >= 0.6 is 11.8 Å². The van der Waals surface area contributed by atoms with Crippen LogP contribution < -0.4 is 5.73 Å². The Bertz CT molecular complexity index is 436. The summed E-state index contributed by atoms with van der Waals surface area (Å²) in [5, 5.41) is 26.6. The third kappa shape index (κ3) is 4.35. The van der Waals surface area contributed by atoms with Gasteiger partial charge in [0.05, 0.1) is 0 Å². The van der Waals surface area contributed by atoms with Gasteiger partial charge in [-0.2, -0.15) is 0 Å². The standard InChI is InChI=1S/C9H13N3O5S/c10-5(7(14)15)1-4-2-11-9(12-4)18-3-6(13)8(16)17/h2,5-6,13H,1,3,10H2,(H,11,12)(H,14,15)(H,16,17)/t5-,6?/m0/s1. The number of hydrogen-bond donors (Lipinski definition) is 5. The molecule has 0 bridgehead atoms. The number of nitrogens with zero attached hydrogens (tertiary/aromatic N) is 1. The summed E-state index contributed by atoms with van der Waals surface area (Å²) in [4.78, 5) is 27.6. The van der Waals surface area contributed by atoms with E-state index in [1.54, 1.807) is 0 Å². The Morgan fingerprint density at radius 2 is 2.11 bits per heavy atom. The van der Waals surface area contributed by atoms with E-state index in [1.807, 2.05) is 0 Å². The van der Waals surface area contributed by atoms with Crippen LogP contribution in [0, 0.1) is 0 Å². The third-order valence-corrected chi connectivity index (χ3v) is 2.99. The number of nitrogens with one attached hydrogen (secondary N) is 1. The molecule has 0 amide bonds. The van der Waals surface area contributed by atoms with Gasteiger partial charge in [-0.15, -0.1) is 0 Å². The lowest BCUT2D eigenvalue weighted by Gasteiger charge is -2.03. The number of hydrogen-bond acceptors (Lipinski definition) is 6. The SMILES string of the molecule is N[C@@H](Cc1cnc(SCC(O)C(=O)O)[nH]1)C(=O)O. The van der Waals surface area contributed by atoms with Gasteiger partial charge in [0, 0.05) is 24.1 Å². The smallest absolute Gasteiger partial charge is 0.333 e. The molecule has 0 fully saturated rings. The first-order chi connectivity index (χ1) is 8.40. The van der Waals surface area contributed by atoms with Gasteiger partial charge in [-0.25, -0.2) is 9.78 Å². The highest BCUT2D eigenvalue weighted by atomic mass is 32.2. The average Bonchev–Trinajstić information content (AvgIpc) is 2.73. The van der Waals surface area contributed by atoms with Crippen LogP contribution in [0.5, 0.6) is 0 Å². The van der Waals surface area contributed by atoms with Crippen LogP contribution in [0.4, 0.5) is 0 Å². The van der Waals surface area contributed by atoms with Crippen molar-refractivity contribution in [3.8, 4) is 0 Å². The molecule has 100 valence electrons. The lowest BCUT2D eigenvalue weighted by molar-refractivity contribution is -0.145. The van der Waals surface area contributed by atoms with E-state index in [9.17, 15) is 9.59 Å². The van der Waals surface area contributed by atoms with Crippen LogP contribution in [0.15, 0.2) is 11.4 Å². The van der Waals surface area contributed by atoms with Gasteiger partial charge >= 0.3 is 11.9 Å². The van der Waals surface area contributed by atoms with Crippen molar-refractivity contribution in [1.29, 1.82) is 0 Å². The molecule has 9 heteroatoms. The van der Waals surface area contributed by atoms with Crippen LogP contribution in [0.3, 0.4) is 0 Å². The van der Waals surface area contributed by atoms with Gasteiger partial charge in [-0.3, -0.25) is 4.79 Å². The average molecular weight is 275 g/mol. The quantitative estimate of drug-likeness (QED) is 0.394. The molecule has 0 saturated carbocycles. The van der Waals surface area contributed by atoms with E-state index >= 15 is 0 Å². The van der Waals surface area contributed by atoms with E-state index in [0.29, 0.717) is 10.9 Å². The van der Waals surface area contributed by atoms with Gasteiger partial charge in [0.15, 0.2) is 11.3 Å². The van der Waals surface area contributed by atoms with Crippen LogP contribution in [0.1, 0.15) is 5.69 Å². The molecule has 0 aromatic carbocycles. The molecule has 1 aromatic heterocycles. The van der Waals surface area contributed by atoms with E-state index in [0.717, 1.165) is 11.8 Å². The summed E-state index contributed by atoms with van der Waals surface area (Å²) >= 11 is 1.03. The van der Waals surface area contributed by atoms with E-state index in [2.05, 4.69) is 9.97 Å². The molecule has 1 heterocycles. The van der Waals surface area contributed by atoms with Crippen molar-refractivity contribution in [2.45, 2.75) is 23.7 Å². The van der Waals surface area contributed by atoms with Gasteiger partial charge in [0.25, 0.3) is 0 Å². The summed E-state index contributed by atoms with van der Waals surface area (Å²) in [6, 6.07) is -1.02. The maximum Gasteiger partial charge on any atom is 0.333 e. The Kier molecular flexibility index (Phi) is 5.13. The molecule has 1 unspecified atom stereocenters. The Morgan fingerprint density at radius 3 is 2.67 bits per heavy atom. The molecule has 0 radical (unpaired) electrons. The van der Waals surface area contributed by atoms with E-state index in [1.165, 1.54) is 6.20 Å². The van der Waals surface area contributed by atoms with Crippen molar-refractivity contribution in [3.05, 3.63) is 11.9 Å². The monoisotopic (exact) mass is 275 g/mol. The molecule has 8 nitrogen and oxygen atoms in total. The summed E-state index contributed by atoms with van der Waals surface area (Å²) in [5.41, 5.74) is 5.89. The molecule has 18 heavy (non-hydrogen) atoms. The van der Waals surface area contributed by atoms with E-state index in [4.69, 9.17) is 21.1 Å². The van der Waals surface area contributed by atoms with Crippen LogP contribution in [0.25, 0.3) is 0 Å². The molecule has 1 rings (SSSR count). The van der Waals surface area contributed by atoms with Crippen molar-refractivity contribution in [1.82, 2.24) is 9.97 Å². The lowest BCUT2D eigenvalue weighted by Crippen LogP contribution is -2.32. The van der Waals surface area contributed by atoms with Crippen LogP contribution in [-0.4, -0.2) is 55.1 Å². The van der Waals surface area contributed by atoms with E-state index < -0.39 is 24.1 Å².